The number of benzene rings is 2. The number of amides is 3. The van der Waals surface area contributed by atoms with Crippen LogP contribution in [0.2, 0.25) is 0 Å². The second-order valence-corrected chi connectivity index (χ2v) is 7.23. The van der Waals surface area contributed by atoms with Gasteiger partial charge in [-0.15, -0.1) is 0 Å². The number of anilines is 2. The maximum absolute atomic E-state index is 13.0. The van der Waals surface area contributed by atoms with Crippen molar-refractivity contribution in [3.8, 4) is 0 Å². The lowest BCUT2D eigenvalue weighted by Gasteiger charge is -2.36. The monoisotopic (exact) mass is 381 g/mol. The Morgan fingerprint density at radius 2 is 1.75 bits per heavy atom. The molecule has 148 valence electrons. The Balaban J connectivity index is 1.69. The first-order valence-corrected chi connectivity index (χ1v) is 9.49. The molecule has 1 aliphatic rings. The first kappa shape index (κ1) is 19.9. The summed E-state index contributed by atoms with van der Waals surface area (Å²) < 4.78 is 4.81. The van der Waals surface area contributed by atoms with Crippen molar-refractivity contribution in [3.63, 3.8) is 0 Å². The van der Waals surface area contributed by atoms with Gasteiger partial charge in [0.1, 0.15) is 6.61 Å². The van der Waals surface area contributed by atoms with E-state index in [0.29, 0.717) is 18.8 Å². The minimum atomic E-state index is -0.205. The van der Waals surface area contributed by atoms with E-state index in [4.69, 9.17) is 4.74 Å². The SMILES string of the molecule is COCC(=O)Nc1ccc(N2CCCN(Cc3cc(C)cc(C)c3)C2=O)cc1. The minimum absolute atomic E-state index is 0.0136. The molecule has 0 radical (unpaired) electrons. The van der Waals surface area contributed by atoms with Gasteiger partial charge >= 0.3 is 6.03 Å². The third-order valence-corrected chi connectivity index (χ3v) is 4.70. The Kier molecular flexibility index (Phi) is 6.31. The molecule has 3 rings (SSSR count). The highest BCUT2D eigenvalue weighted by Crippen LogP contribution is 2.23. The maximum Gasteiger partial charge on any atom is 0.324 e. The quantitative estimate of drug-likeness (QED) is 0.830. The van der Waals surface area contributed by atoms with Crippen LogP contribution in [0.5, 0.6) is 0 Å². The number of aryl methyl sites for hydroxylation is 2. The van der Waals surface area contributed by atoms with Crippen LogP contribution in [0, 0.1) is 13.8 Å². The lowest BCUT2D eigenvalue weighted by Crippen LogP contribution is -2.49. The molecule has 0 atom stereocenters. The fourth-order valence-electron chi connectivity index (χ4n) is 3.60. The van der Waals surface area contributed by atoms with Crippen molar-refractivity contribution in [2.24, 2.45) is 0 Å². The van der Waals surface area contributed by atoms with Crippen LogP contribution in [-0.2, 0) is 16.1 Å². The van der Waals surface area contributed by atoms with Crippen LogP contribution in [0.1, 0.15) is 23.1 Å². The molecular weight excluding hydrogens is 354 g/mol. The number of hydrogen-bond donors (Lipinski definition) is 1. The van der Waals surface area contributed by atoms with Gasteiger partial charge in [-0.25, -0.2) is 4.79 Å². The fraction of sp³-hybridized carbons (Fsp3) is 0.364. The van der Waals surface area contributed by atoms with Gasteiger partial charge in [-0.1, -0.05) is 29.3 Å². The van der Waals surface area contributed by atoms with E-state index < -0.39 is 0 Å². The van der Waals surface area contributed by atoms with Crippen molar-refractivity contribution >= 4 is 23.3 Å². The molecular formula is C22H27N3O3. The molecule has 2 aromatic rings. The molecule has 2 aromatic carbocycles. The number of nitrogens with zero attached hydrogens (tertiary/aromatic N) is 2. The molecule has 0 unspecified atom stereocenters. The van der Waals surface area contributed by atoms with E-state index in [1.165, 1.54) is 18.2 Å². The lowest BCUT2D eigenvalue weighted by molar-refractivity contribution is -0.119. The Bertz CT molecular complexity index is 828. The fourth-order valence-corrected chi connectivity index (χ4v) is 3.60. The summed E-state index contributed by atoms with van der Waals surface area (Å²) in [5.74, 6) is -0.205. The first-order valence-electron chi connectivity index (χ1n) is 9.49. The maximum atomic E-state index is 13.0. The van der Waals surface area contributed by atoms with Gasteiger partial charge in [0.05, 0.1) is 0 Å². The van der Waals surface area contributed by atoms with E-state index in [1.807, 2.05) is 17.0 Å². The van der Waals surface area contributed by atoms with Crippen molar-refractivity contribution in [1.82, 2.24) is 4.90 Å². The van der Waals surface area contributed by atoms with E-state index in [9.17, 15) is 9.59 Å². The van der Waals surface area contributed by atoms with Gasteiger partial charge in [-0.3, -0.25) is 9.69 Å². The summed E-state index contributed by atoms with van der Waals surface area (Å²) >= 11 is 0. The number of hydrogen-bond acceptors (Lipinski definition) is 3. The summed E-state index contributed by atoms with van der Waals surface area (Å²) in [5.41, 5.74) is 5.09. The molecule has 6 heteroatoms. The van der Waals surface area contributed by atoms with E-state index in [-0.39, 0.29) is 18.5 Å². The van der Waals surface area contributed by atoms with Gasteiger partial charge in [-0.2, -0.15) is 0 Å². The Morgan fingerprint density at radius 1 is 1.07 bits per heavy atom. The molecule has 0 spiro atoms. The number of carbonyl (C=O) groups is 2. The lowest BCUT2D eigenvalue weighted by atomic mass is 10.1. The summed E-state index contributed by atoms with van der Waals surface area (Å²) in [6.07, 6.45) is 0.920. The van der Waals surface area contributed by atoms with Gasteiger partial charge in [0.25, 0.3) is 0 Å². The summed E-state index contributed by atoms with van der Waals surface area (Å²) in [5, 5.41) is 2.76. The topological polar surface area (TPSA) is 61.9 Å². The number of carbonyl (C=O) groups excluding carboxylic acids is 2. The number of ether oxygens (including phenoxy) is 1. The molecule has 1 fully saturated rings. The van der Waals surface area contributed by atoms with Gasteiger partial charge < -0.3 is 15.0 Å². The zero-order valence-electron chi connectivity index (χ0n) is 16.7. The molecule has 0 saturated carbocycles. The summed E-state index contributed by atoms with van der Waals surface area (Å²) in [6, 6.07) is 13.8. The summed E-state index contributed by atoms with van der Waals surface area (Å²) in [4.78, 5) is 28.3. The van der Waals surface area contributed by atoms with E-state index >= 15 is 0 Å². The van der Waals surface area contributed by atoms with Gasteiger partial charge in [-0.05, 0) is 50.1 Å². The van der Waals surface area contributed by atoms with Crippen LogP contribution in [-0.4, -0.2) is 43.6 Å². The first-order chi connectivity index (χ1) is 13.5. The highest BCUT2D eigenvalue weighted by atomic mass is 16.5. The largest absolute Gasteiger partial charge is 0.375 e. The van der Waals surface area contributed by atoms with Crippen molar-refractivity contribution in [1.29, 1.82) is 0 Å². The van der Waals surface area contributed by atoms with Crippen molar-refractivity contribution < 1.29 is 14.3 Å². The molecule has 0 aliphatic carbocycles. The van der Waals surface area contributed by atoms with Crippen LogP contribution >= 0.6 is 0 Å². The van der Waals surface area contributed by atoms with Crippen LogP contribution in [0.3, 0.4) is 0 Å². The normalized spacial score (nSPS) is 14.3. The number of nitrogens with one attached hydrogen (secondary N) is 1. The molecule has 0 bridgehead atoms. The molecule has 28 heavy (non-hydrogen) atoms. The van der Waals surface area contributed by atoms with Gasteiger partial charge in [0, 0.05) is 38.1 Å². The van der Waals surface area contributed by atoms with Gasteiger partial charge in [0.15, 0.2) is 0 Å². The van der Waals surface area contributed by atoms with Crippen LogP contribution in [0.4, 0.5) is 16.2 Å². The van der Waals surface area contributed by atoms with Crippen molar-refractivity contribution in [3.05, 3.63) is 59.2 Å². The molecule has 3 amide bonds. The number of methoxy groups -OCH3 is 1. The number of urea groups is 1. The average molecular weight is 381 g/mol. The predicted molar refractivity (Wildman–Crippen MR) is 111 cm³/mol. The second kappa shape index (κ2) is 8.89. The summed E-state index contributed by atoms with van der Waals surface area (Å²) in [7, 11) is 1.48. The predicted octanol–water partition coefficient (Wildman–Crippen LogP) is 3.72. The number of rotatable bonds is 6. The van der Waals surface area contributed by atoms with Crippen LogP contribution in [0.15, 0.2) is 42.5 Å². The highest BCUT2D eigenvalue weighted by molar-refractivity contribution is 5.94. The van der Waals surface area contributed by atoms with Gasteiger partial charge in [0.2, 0.25) is 5.91 Å². The Labute approximate surface area is 166 Å². The zero-order valence-corrected chi connectivity index (χ0v) is 16.7. The molecule has 1 heterocycles. The average Bonchev–Trinajstić information content (AvgIpc) is 2.64. The van der Waals surface area contributed by atoms with Crippen molar-refractivity contribution in [2.75, 3.05) is 37.0 Å². The molecule has 1 saturated heterocycles. The molecule has 1 N–H and O–H groups in total. The molecule has 0 aromatic heterocycles. The minimum Gasteiger partial charge on any atom is -0.375 e. The third-order valence-electron chi connectivity index (χ3n) is 4.70. The third kappa shape index (κ3) is 4.89. The van der Waals surface area contributed by atoms with E-state index in [0.717, 1.165) is 24.2 Å². The standard InChI is InChI=1S/C22H27N3O3/c1-16-11-17(2)13-18(12-16)14-24-9-4-10-25(22(24)27)20-7-5-19(6-8-20)23-21(26)15-28-3/h5-8,11-13H,4,9-10,14-15H2,1-3H3,(H,23,26). The van der Waals surface area contributed by atoms with E-state index in [2.05, 4.69) is 37.4 Å². The van der Waals surface area contributed by atoms with E-state index in [1.54, 1.807) is 17.0 Å². The smallest absolute Gasteiger partial charge is 0.324 e. The molecule has 6 nitrogen and oxygen atoms in total. The Hall–Kier alpha value is -2.86. The molecule has 1 aliphatic heterocycles. The van der Waals surface area contributed by atoms with Crippen LogP contribution < -0.4 is 10.2 Å². The Morgan fingerprint density at radius 3 is 2.39 bits per heavy atom. The van der Waals surface area contributed by atoms with Crippen LogP contribution in [0.25, 0.3) is 0 Å². The van der Waals surface area contributed by atoms with Crippen molar-refractivity contribution in [2.45, 2.75) is 26.8 Å². The second-order valence-electron chi connectivity index (χ2n) is 7.23. The zero-order chi connectivity index (χ0) is 20.1. The summed E-state index contributed by atoms with van der Waals surface area (Å²) in [6.45, 7) is 6.23. The highest BCUT2D eigenvalue weighted by Gasteiger charge is 2.26.